The number of hydrogen-bond acceptors (Lipinski definition) is 1. The molecular formula is C10H15BrMgS. The van der Waals surface area contributed by atoms with Crippen molar-refractivity contribution in [1.29, 1.82) is 0 Å². The van der Waals surface area contributed by atoms with Crippen molar-refractivity contribution in [2.75, 3.05) is 0 Å². The third-order valence-corrected chi connectivity index (χ3v) is 2.48. The van der Waals surface area contributed by atoms with E-state index < -0.39 is 0 Å². The summed E-state index contributed by atoms with van der Waals surface area (Å²) in [4.78, 5) is 0. The second-order valence-electron chi connectivity index (χ2n) is 2.86. The van der Waals surface area contributed by atoms with Crippen molar-refractivity contribution in [1.82, 2.24) is 0 Å². The van der Waals surface area contributed by atoms with Crippen LogP contribution >= 0.6 is 11.3 Å². The maximum atomic E-state index is 3.26. The molecule has 0 unspecified atom stereocenters. The molecule has 0 amide bonds. The molecule has 1 rings (SSSR count). The van der Waals surface area contributed by atoms with Gasteiger partial charge in [0.05, 0.1) is 0 Å². The van der Waals surface area contributed by atoms with Crippen LogP contribution in [0.5, 0.6) is 0 Å². The van der Waals surface area contributed by atoms with E-state index in [9.17, 15) is 0 Å². The van der Waals surface area contributed by atoms with Gasteiger partial charge in [0, 0.05) is 0 Å². The van der Waals surface area contributed by atoms with E-state index in [1.165, 1.54) is 37.7 Å². The Labute approximate surface area is 112 Å². The topological polar surface area (TPSA) is 0 Å². The van der Waals surface area contributed by atoms with E-state index in [0.29, 0.717) is 0 Å². The van der Waals surface area contributed by atoms with Crippen LogP contribution in [0, 0.1) is 5.38 Å². The van der Waals surface area contributed by atoms with Crippen LogP contribution in [-0.4, -0.2) is 23.1 Å². The van der Waals surface area contributed by atoms with Gasteiger partial charge in [0.1, 0.15) is 0 Å². The van der Waals surface area contributed by atoms with Gasteiger partial charge < -0.3 is 28.3 Å². The number of hydrogen-bond donors (Lipinski definition) is 0. The van der Waals surface area contributed by atoms with Crippen LogP contribution in [0.2, 0.25) is 0 Å². The monoisotopic (exact) mass is 270 g/mol. The molecule has 0 saturated heterocycles. The summed E-state index contributed by atoms with van der Waals surface area (Å²) in [5.74, 6) is 0. The maximum absolute atomic E-state index is 3.26. The molecule has 0 radical (unpaired) electrons. The van der Waals surface area contributed by atoms with Gasteiger partial charge in [-0.1, -0.05) is 39.0 Å². The Hall–Kier alpha value is 0.946. The molecule has 0 N–H and O–H groups in total. The molecule has 0 bridgehead atoms. The number of unbranched alkanes of at least 4 members (excludes halogenated alkanes) is 3. The Balaban J connectivity index is 0. The molecule has 0 saturated carbocycles. The standard InChI is InChI=1S/C10H15S.BrH.Mg/c1-2-3-4-5-6-10-7-8-11-9-10;;/h7-8H,2-6H2,1H3;1H;/q-1;;+2/p-1. The van der Waals surface area contributed by atoms with Crippen molar-refractivity contribution in [3.63, 3.8) is 0 Å². The first-order valence-electron chi connectivity index (χ1n) is 4.37. The number of thiophene rings is 1. The molecule has 13 heavy (non-hydrogen) atoms. The summed E-state index contributed by atoms with van der Waals surface area (Å²) in [6, 6.07) is 2.18. The fourth-order valence-electron chi connectivity index (χ4n) is 1.14. The number of aryl methyl sites for hydroxylation is 1. The maximum Gasteiger partial charge on any atom is 2.00 e. The average molecular weight is 272 g/mol. The van der Waals surface area contributed by atoms with Crippen molar-refractivity contribution in [2.45, 2.75) is 39.0 Å². The minimum Gasteiger partial charge on any atom is -1.00 e. The largest absolute Gasteiger partial charge is 2.00 e. The van der Waals surface area contributed by atoms with Gasteiger partial charge in [-0.05, 0) is 0 Å². The Morgan fingerprint density at radius 2 is 2.08 bits per heavy atom. The van der Waals surface area contributed by atoms with E-state index in [1.807, 2.05) is 0 Å². The zero-order chi connectivity index (χ0) is 7.94. The summed E-state index contributed by atoms with van der Waals surface area (Å²) in [5, 5.41) is 5.36. The predicted molar refractivity (Wildman–Crippen MR) is 56.8 cm³/mol. The minimum absolute atomic E-state index is 0. The van der Waals surface area contributed by atoms with Gasteiger partial charge >= 0.3 is 23.1 Å². The summed E-state index contributed by atoms with van der Waals surface area (Å²) < 4.78 is 0. The molecule has 0 aliphatic rings. The smallest absolute Gasteiger partial charge is 1.00 e. The first-order valence-corrected chi connectivity index (χ1v) is 5.25. The van der Waals surface area contributed by atoms with E-state index in [2.05, 4.69) is 23.8 Å². The molecule has 0 aliphatic carbocycles. The normalized spacial score (nSPS) is 8.69. The van der Waals surface area contributed by atoms with E-state index in [0.717, 1.165) is 0 Å². The summed E-state index contributed by atoms with van der Waals surface area (Å²) >= 11 is 1.68. The zero-order valence-corrected chi connectivity index (χ0v) is 12.0. The molecule has 3 heteroatoms. The average Bonchev–Trinajstić information content (AvgIpc) is 2.50. The number of halogens is 1. The van der Waals surface area contributed by atoms with Crippen molar-refractivity contribution >= 4 is 34.4 Å². The Bertz CT molecular complexity index is 175. The SMILES string of the molecule is CCCCCCc1[c-]scc1.[Br-].[Mg+2]. The second kappa shape index (κ2) is 11.0. The van der Waals surface area contributed by atoms with E-state index in [4.69, 9.17) is 0 Å². The summed E-state index contributed by atoms with van der Waals surface area (Å²) in [5.41, 5.74) is 1.39. The fraction of sp³-hybridized carbons (Fsp3) is 0.600. The van der Waals surface area contributed by atoms with E-state index in [1.54, 1.807) is 11.3 Å². The van der Waals surface area contributed by atoms with Gasteiger partial charge in [-0.15, -0.1) is 5.38 Å². The molecule has 0 aliphatic heterocycles. The van der Waals surface area contributed by atoms with Crippen LogP contribution < -0.4 is 17.0 Å². The van der Waals surface area contributed by atoms with Crippen molar-refractivity contribution < 1.29 is 17.0 Å². The van der Waals surface area contributed by atoms with Crippen LogP contribution in [0.3, 0.4) is 0 Å². The summed E-state index contributed by atoms with van der Waals surface area (Å²) in [7, 11) is 0. The van der Waals surface area contributed by atoms with Gasteiger partial charge in [-0.25, -0.2) is 6.07 Å². The molecule has 0 atom stereocenters. The Kier molecular flexibility index (Phi) is 13.9. The van der Waals surface area contributed by atoms with Crippen LogP contribution in [0.15, 0.2) is 11.4 Å². The molecule has 1 heterocycles. The molecule has 1 aromatic heterocycles. The van der Waals surface area contributed by atoms with Gasteiger partial charge in [0.25, 0.3) is 0 Å². The van der Waals surface area contributed by atoms with Gasteiger partial charge in [-0.2, -0.15) is 10.9 Å². The molecule has 1 aromatic rings. The zero-order valence-electron chi connectivity index (χ0n) is 8.18. The Morgan fingerprint density at radius 1 is 1.31 bits per heavy atom. The van der Waals surface area contributed by atoms with Crippen molar-refractivity contribution in [3.05, 3.63) is 22.4 Å². The molecule has 70 valence electrons. The second-order valence-corrected chi connectivity index (χ2v) is 3.57. The molecule has 0 nitrogen and oxygen atoms in total. The van der Waals surface area contributed by atoms with E-state index >= 15 is 0 Å². The van der Waals surface area contributed by atoms with Gasteiger partial charge in [-0.3, -0.25) is 0 Å². The minimum atomic E-state index is 0. The number of rotatable bonds is 5. The third kappa shape index (κ3) is 7.98. The molecular weight excluding hydrogens is 256 g/mol. The van der Waals surface area contributed by atoms with Crippen molar-refractivity contribution in [3.8, 4) is 0 Å². The van der Waals surface area contributed by atoms with E-state index in [-0.39, 0.29) is 40.0 Å². The summed E-state index contributed by atoms with van der Waals surface area (Å²) in [6.07, 6.45) is 6.64. The first-order chi connectivity index (χ1) is 5.43. The molecule has 0 fully saturated rings. The third-order valence-electron chi connectivity index (χ3n) is 1.83. The quantitative estimate of drug-likeness (QED) is 0.410. The molecule has 0 aromatic carbocycles. The van der Waals surface area contributed by atoms with Crippen LogP contribution in [0.25, 0.3) is 0 Å². The Morgan fingerprint density at radius 3 is 2.62 bits per heavy atom. The fourth-order valence-corrected chi connectivity index (χ4v) is 1.76. The van der Waals surface area contributed by atoms with Crippen LogP contribution in [0.4, 0.5) is 0 Å². The van der Waals surface area contributed by atoms with Crippen LogP contribution in [0.1, 0.15) is 38.2 Å². The van der Waals surface area contributed by atoms with Crippen LogP contribution in [-0.2, 0) is 6.42 Å². The predicted octanol–water partition coefficient (Wildman–Crippen LogP) is 0.294. The molecule has 0 spiro atoms. The van der Waals surface area contributed by atoms with Gasteiger partial charge in [0.15, 0.2) is 0 Å². The van der Waals surface area contributed by atoms with Gasteiger partial charge in [0.2, 0.25) is 0 Å². The first kappa shape index (κ1) is 16.4. The summed E-state index contributed by atoms with van der Waals surface area (Å²) in [6.45, 7) is 2.25. The van der Waals surface area contributed by atoms with Crippen molar-refractivity contribution in [2.24, 2.45) is 0 Å².